The van der Waals surface area contributed by atoms with E-state index in [4.69, 9.17) is 17.3 Å². The Labute approximate surface area is 118 Å². The molecule has 4 heteroatoms. The van der Waals surface area contributed by atoms with Crippen LogP contribution in [0, 0.1) is 0 Å². The van der Waals surface area contributed by atoms with Crippen molar-refractivity contribution in [3.05, 3.63) is 58.7 Å². The van der Waals surface area contributed by atoms with Gasteiger partial charge < -0.3 is 11.1 Å². The number of nitrogens with one attached hydrogen (secondary N) is 1. The van der Waals surface area contributed by atoms with Crippen LogP contribution in [0.3, 0.4) is 0 Å². The summed E-state index contributed by atoms with van der Waals surface area (Å²) in [4.78, 5) is 4.14. The van der Waals surface area contributed by atoms with Crippen LogP contribution in [-0.4, -0.2) is 11.5 Å². The van der Waals surface area contributed by atoms with Crippen LogP contribution in [-0.2, 0) is 0 Å². The van der Waals surface area contributed by atoms with Crippen molar-refractivity contribution < 1.29 is 0 Å². The summed E-state index contributed by atoms with van der Waals surface area (Å²) >= 11 is 6.04. The van der Waals surface area contributed by atoms with Gasteiger partial charge in [0.2, 0.25) is 0 Å². The van der Waals surface area contributed by atoms with Crippen molar-refractivity contribution in [1.82, 2.24) is 10.3 Å². The molecule has 0 saturated heterocycles. The second kappa shape index (κ2) is 6.55. The largest absolute Gasteiger partial charge is 0.383 e. The topological polar surface area (TPSA) is 50.9 Å². The fraction of sp³-hybridized carbons (Fsp3) is 0.267. The Hall–Kier alpha value is -1.58. The van der Waals surface area contributed by atoms with Gasteiger partial charge in [0.1, 0.15) is 5.82 Å². The van der Waals surface area contributed by atoms with Gasteiger partial charge in [0.05, 0.1) is 11.1 Å². The maximum absolute atomic E-state index is 6.04. The van der Waals surface area contributed by atoms with Crippen LogP contribution < -0.4 is 11.1 Å². The molecular formula is C15H18ClN3. The third kappa shape index (κ3) is 3.46. The zero-order chi connectivity index (χ0) is 13.7. The molecule has 100 valence electrons. The van der Waals surface area contributed by atoms with E-state index < -0.39 is 0 Å². The number of hydrogen-bond donors (Lipinski definition) is 2. The van der Waals surface area contributed by atoms with E-state index in [0.29, 0.717) is 10.8 Å². The van der Waals surface area contributed by atoms with Crippen LogP contribution in [0.5, 0.6) is 0 Å². The Morgan fingerprint density at radius 3 is 2.74 bits per heavy atom. The first-order valence-electron chi connectivity index (χ1n) is 6.41. The predicted molar refractivity (Wildman–Crippen MR) is 80.2 cm³/mol. The number of aromatic nitrogens is 1. The van der Waals surface area contributed by atoms with Crippen molar-refractivity contribution in [3.63, 3.8) is 0 Å². The Kier molecular flexibility index (Phi) is 4.77. The lowest BCUT2D eigenvalue weighted by Crippen LogP contribution is -2.24. The molecule has 3 nitrogen and oxygen atoms in total. The molecule has 0 radical (unpaired) electrons. The van der Waals surface area contributed by atoms with Gasteiger partial charge in [0, 0.05) is 11.8 Å². The SMILES string of the molecule is CCCNC(c1ccccc1)c1cc(Cl)cnc1N. The van der Waals surface area contributed by atoms with E-state index in [1.54, 1.807) is 6.20 Å². The van der Waals surface area contributed by atoms with Gasteiger partial charge in [-0.2, -0.15) is 0 Å². The smallest absolute Gasteiger partial charge is 0.128 e. The van der Waals surface area contributed by atoms with Crippen molar-refractivity contribution in [2.45, 2.75) is 19.4 Å². The van der Waals surface area contributed by atoms with Crippen molar-refractivity contribution in [2.24, 2.45) is 0 Å². The highest BCUT2D eigenvalue weighted by Crippen LogP contribution is 2.27. The van der Waals surface area contributed by atoms with E-state index in [2.05, 4.69) is 29.4 Å². The number of pyridine rings is 1. The number of nitrogen functional groups attached to an aromatic ring is 1. The number of halogens is 1. The second-order valence-corrected chi connectivity index (χ2v) is 4.86. The number of rotatable bonds is 5. The molecular weight excluding hydrogens is 258 g/mol. The van der Waals surface area contributed by atoms with Crippen molar-refractivity contribution >= 4 is 17.4 Å². The number of benzene rings is 1. The van der Waals surface area contributed by atoms with Crippen molar-refractivity contribution in [2.75, 3.05) is 12.3 Å². The van der Waals surface area contributed by atoms with Crippen LogP contribution in [0.4, 0.5) is 5.82 Å². The molecule has 1 atom stereocenters. The molecule has 0 spiro atoms. The zero-order valence-corrected chi connectivity index (χ0v) is 11.7. The zero-order valence-electron chi connectivity index (χ0n) is 10.9. The second-order valence-electron chi connectivity index (χ2n) is 4.43. The van der Waals surface area contributed by atoms with Gasteiger partial charge in [-0.25, -0.2) is 4.98 Å². The molecule has 0 aliphatic rings. The molecule has 2 rings (SSSR count). The third-order valence-electron chi connectivity index (χ3n) is 2.96. The molecule has 0 bridgehead atoms. The molecule has 1 unspecified atom stereocenters. The molecule has 0 fully saturated rings. The van der Waals surface area contributed by atoms with Gasteiger partial charge >= 0.3 is 0 Å². The fourth-order valence-electron chi connectivity index (χ4n) is 2.04. The van der Waals surface area contributed by atoms with Crippen LogP contribution in [0.1, 0.15) is 30.5 Å². The molecule has 19 heavy (non-hydrogen) atoms. The first-order valence-corrected chi connectivity index (χ1v) is 6.79. The van der Waals surface area contributed by atoms with Gasteiger partial charge in [-0.3, -0.25) is 0 Å². The van der Waals surface area contributed by atoms with Gasteiger partial charge in [-0.15, -0.1) is 0 Å². The fourth-order valence-corrected chi connectivity index (χ4v) is 2.20. The van der Waals surface area contributed by atoms with E-state index in [9.17, 15) is 0 Å². The Bertz CT molecular complexity index is 528. The average Bonchev–Trinajstić information content (AvgIpc) is 2.44. The van der Waals surface area contributed by atoms with Gasteiger partial charge in [-0.05, 0) is 24.6 Å². The number of nitrogens with two attached hydrogens (primary N) is 1. The quantitative estimate of drug-likeness (QED) is 0.879. The van der Waals surface area contributed by atoms with Crippen LogP contribution in [0.15, 0.2) is 42.6 Å². The van der Waals surface area contributed by atoms with E-state index in [1.165, 1.54) is 0 Å². The summed E-state index contributed by atoms with van der Waals surface area (Å²) in [5, 5.41) is 4.09. The molecule has 0 aliphatic heterocycles. The standard InChI is InChI=1S/C15H18ClN3/c1-2-8-18-14(11-6-4-3-5-7-11)13-9-12(16)10-19-15(13)17/h3-7,9-10,14,18H,2,8H2,1H3,(H2,17,19). The lowest BCUT2D eigenvalue weighted by molar-refractivity contribution is 0.598. The highest BCUT2D eigenvalue weighted by atomic mass is 35.5. The van der Waals surface area contributed by atoms with Crippen LogP contribution in [0.25, 0.3) is 0 Å². The molecule has 1 aromatic heterocycles. The number of nitrogens with zero attached hydrogens (tertiary/aromatic N) is 1. The molecule has 1 heterocycles. The first kappa shape index (κ1) is 13.8. The van der Waals surface area contributed by atoms with Crippen LogP contribution >= 0.6 is 11.6 Å². The summed E-state index contributed by atoms with van der Waals surface area (Å²) in [6.07, 6.45) is 2.62. The molecule has 3 N–H and O–H groups in total. The maximum atomic E-state index is 6.04. The van der Waals surface area contributed by atoms with Gasteiger partial charge in [0.15, 0.2) is 0 Å². The molecule has 1 aromatic carbocycles. The predicted octanol–water partition coefficient (Wildman–Crippen LogP) is 3.41. The summed E-state index contributed by atoms with van der Waals surface area (Å²) in [5.41, 5.74) is 8.07. The average molecular weight is 276 g/mol. The van der Waals surface area contributed by atoms with Crippen molar-refractivity contribution in [3.8, 4) is 0 Å². The highest BCUT2D eigenvalue weighted by Gasteiger charge is 2.16. The molecule has 0 saturated carbocycles. The van der Waals surface area contributed by atoms with E-state index in [-0.39, 0.29) is 6.04 Å². The first-order chi connectivity index (χ1) is 9.22. The summed E-state index contributed by atoms with van der Waals surface area (Å²) < 4.78 is 0. The summed E-state index contributed by atoms with van der Waals surface area (Å²) in [6.45, 7) is 3.04. The van der Waals surface area contributed by atoms with Crippen LogP contribution in [0.2, 0.25) is 5.02 Å². The minimum atomic E-state index is 0.0207. The minimum absolute atomic E-state index is 0.0207. The summed E-state index contributed by atoms with van der Waals surface area (Å²) in [7, 11) is 0. The lowest BCUT2D eigenvalue weighted by atomic mass is 9.99. The Morgan fingerprint density at radius 2 is 2.05 bits per heavy atom. The van der Waals surface area contributed by atoms with E-state index >= 15 is 0 Å². The molecule has 0 amide bonds. The molecule has 0 aliphatic carbocycles. The highest BCUT2D eigenvalue weighted by molar-refractivity contribution is 6.30. The normalized spacial score (nSPS) is 12.3. The Balaban J connectivity index is 2.40. The lowest BCUT2D eigenvalue weighted by Gasteiger charge is -2.20. The molecule has 2 aromatic rings. The third-order valence-corrected chi connectivity index (χ3v) is 3.17. The van der Waals surface area contributed by atoms with Gasteiger partial charge in [0.25, 0.3) is 0 Å². The summed E-state index contributed by atoms with van der Waals surface area (Å²) in [5.74, 6) is 0.516. The van der Waals surface area contributed by atoms with E-state index in [1.807, 2.05) is 24.3 Å². The van der Waals surface area contributed by atoms with Gasteiger partial charge in [-0.1, -0.05) is 48.9 Å². The minimum Gasteiger partial charge on any atom is -0.383 e. The van der Waals surface area contributed by atoms with E-state index in [0.717, 1.165) is 24.1 Å². The Morgan fingerprint density at radius 1 is 1.32 bits per heavy atom. The summed E-state index contributed by atoms with van der Waals surface area (Å²) in [6, 6.07) is 12.1. The van der Waals surface area contributed by atoms with Crippen molar-refractivity contribution in [1.29, 1.82) is 0 Å². The number of anilines is 1. The maximum Gasteiger partial charge on any atom is 0.128 e. The number of hydrogen-bond acceptors (Lipinski definition) is 3. The monoisotopic (exact) mass is 275 g/mol.